The fourth-order valence-corrected chi connectivity index (χ4v) is 1.04. The molecule has 0 radical (unpaired) electrons. The van der Waals surface area contributed by atoms with Crippen LogP contribution in [0, 0.1) is 12.7 Å². The summed E-state index contributed by atoms with van der Waals surface area (Å²) in [5, 5.41) is 0. The van der Waals surface area contributed by atoms with Crippen molar-refractivity contribution in [3.63, 3.8) is 0 Å². The lowest BCUT2D eigenvalue weighted by Crippen LogP contribution is -2.12. The molecule has 0 aliphatic carbocycles. The van der Waals surface area contributed by atoms with Crippen LogP contribution >= 0.6 is 0 Å². The monoisotopic (exact) mass is 167 g/mol. The summed E-state index contributed by atoms with van der Waals surface area (Å²) in [5.41, 5.74) is 1.36. The Morgan fingerprint density at radius 3 is 2.75 bits per heavy atom. The number of hydrogen-bond donors (Lipinski definition) is 1. The molecule has 64 valence electrons. The van der Waals surface area contributed by atoms with Crippen LogP contribution in [0.15, 0.2) is 17.4 Å². The third-order valence-corrected chi connectivity index (χ3v) is 1.65. The van der Waals surface area contributed by atoms with E-state index in [2.05, 4.69) is 11.6 Å². The van der Waals surface area contributed by atoms with Crippen LogP contribution in [0.1, 0.15) is 18.2 Å². The van der Waals surface area contributed by atoms with Crippen molar-refractivity contribution in [2.24, 2.45) is 0 Å². The van der Waals surface area contributed by atoms with Crippen LogP contribution in [0.3, 0.4) is 0 Å². The summed E-state index contributed by atoms with van der Waals surface area (Å²) >= 11 is 0. The Morgan fingerprint density at radius 1 is 1.67 bits per heavy atom. The molecule has 0 aliphatic heterocycles. The Morgan fingerprint density at radius 2 is 2.25 bits per heavy atom. The second-order valence-electron chi connectivity index (χ2n) is 2.77. The van der Waals surface area contributed by atoms with Gasteiger partial charge in [0.1, 0.15) is 0 Å². The standard InChI is InChI=1S/C9H10FNO/c1-5(2)7-4-8(10)9(12)11-6(7)3/h4H,1H2,2-3H3,(H,11,12). The van der Waals surface area contributed by atoms with E-state index in [1.165, 1.54) is 6.07 Å². The normalized spacial score (nSPS) is 9.92. The summed E-state index contributed by atoms with van der Waals surface area (Å²) in [7, 11) is 0. The molecule has 0 saturated heterocycles. The van der Waals surface area contributed by atoms with E-state index in [4.69, 9.17) is 0 Å². The molecule has 0 aliphatic rings. The average Bonchev–Trinajstić information content (AvgIpc) is 1.96. The number of H-pyrrole nitrogens is 1. The number of aromatic amines is 1. The average molecular weight is 167 g/mol. The van der Waals surface area contributed by atoms with Gasteiger partial charge in [0.05, 0.1) is 0 Å². The Labute approximate surface area is 69.7 Å². The minimum atomic E-state index is -0.765. The lowest BCUT2D eigenvalue weighted by atomic mass is 10.1. The summed E-state index contributed by atoms with van der Waals surface area (Å²) in [5.74, 6) is -0.765. The minimum absolute atomic E-state index is 0.647. The van der Waals surface area contributed by atoms with E-state index in [0.29, 0.717) is 11.3 Å². The zero-order valence-corrected chi connectivity index (χ0v) is 7.07. The molecule has 0 atom stereocenters. The molecule has 0 bridgehead atoms. The molecular weight excluding hydrogens is 157 g/mol. The Hall–Kier alpha value is -1.38. The molecule has 0 unspecified atom stereocenters. The minimum Gasteiger partial charge on any atom is -0.323 e. The molecular formula is C9H10FNO. The van der Waals surface area contributed by atoms with Gasteiger partial charge < -0.3 is 4.98 Å². The van der Waals surface area contributed by atoms with Crippen molar-refractivity contribution >= 4 is 5.57 Å². The highest BCUT2D eigenvalue weighted by atomic mass is 19.1. The van der Waals surface area contributed by atoms with Gasteiger partial charge in [0.25, 0.3) is 5.56 Å². The molecule has 1 heterocycles. The maximum Gasteiger partial charge on any atom is 0.284 e. The van der Waals surface area contributed by atoms with Crippen molar-refractivity contribution in [2.75, 3.05) is 0 Å². The van der Waals surface area contributed by atoms with Crippen LogP contribution < -0.4 is 5.56 Å². The van der Waals surface area contributed by atoms with E-state index >= 15 is 0 Å². The van der Waals surface area contributed by atoms with Crippen LogP contribution in [0.5, 0.6) is 0 Å². The van der Waals surface area contributed by atoms with Crippen LogP contribution in [0.4, 0.5) is 4.39 Å². The van der Waals surface area contributed by atoms with Crippen LogP contribution in [-0.4, -0.2) is 4.98 Å². The van der Waals surface area contributed by atoms with Gasteiger partial charge in [-0.2, -0.15) is 0 Å². The smallest absolute Gasteiger partial charge is 0.284 e. The van der Waals surface area contributed by atoms with Gasteiger partial charge in [-0.15, -0.1) is 0 Å². The van der Waals surface area contributed by atoms with Crippen LogP contribution in [0.2, 0.25) is 0 Å². The summed E-state index contributed by atoms with van der Waals surface area (Å²) in [4.78, 5) is 13.2. The van der Waals surface area contributed by atoms with Crippen molar-refractivity contribution in [3.05, 3.63) is 40.1 Å². The van der Waals surface area contributed by atoms with E-state index < -0.39 is 11.4 Å². The highest BCUT2D eigenvalue weighted by molar-refractivity contribution is 5.62. The van der Waals surface area contributed by atoms with Crippen molar-refractivity contribution in [1.29, 1.82) is 0 Å². The highest BCUT2D eigenvalue weighted by Crippen LogP contribution is 2.13. The van der Waals surface area contributed by atoms with Crippen molar-refractivity contribution in [3.8, 4) is 0 Å². The molecule has 0 aromatic carbocycles. The number of halogens is 1. The molecule has 0 fully saturated rings. The fourth-order valence-electron chi connectivity index (χ4n) is 1.04. The van der Waals surface area contributed by atoms with Crippen molar-refractivity contribution < 1.29 is 4.39 Å². The SMILES string of the molecule is C=C(C)c1cc(F)c(=O)[nH]c1C. The molecule has 1 aromatic heterocycles. The first-order chi connectivity index (χ1) is 5.52. The van der Waals surface area contributed by atoms with Gasteiger partial charge in [0, 0.05) is 5.69 Å². The summed E-state index contributed by atoms with van der Waals surface area (Å²) in [6.07, 6.45) is 0. The Bertz CT molecular complexity index is 379. The van der Waals surface area contributed by atoms with E-state index in [9.17, 15) is 9.18 Å². The predicted molar refractivity (Wildman–Crippen MR) is 46.5 cm³/mol. The third kappa shape index (κ3) is 1.44. The van der Waals surface area contributed by atoms with Gasteiger partial charge in [0.2, 0.25) is 0 Å². The molecule has 12 heavy (non-hydrogen) atoms. The summed E-state index contributed by atoms with van der Waals surface area (Å²) in [6.45, 7) is 7.15. The van der Waals surface area contributed by atoms with Crippen molar-refractivity contribution in [2.45, 2.75) is 13.8 Å². The zero-order chi connectivity index (χ0) is 9.30. The first-order valence-corrected chi connectivity index (χ1v) is 3.57. The van der Waals surface area contributed by atoms with E-state index in [0.717, 1.165) is 5.57 Å². The first kappa shape index (κ1) is 8.71. The second kappa shape index (κ2) is 2.93. The van der Waals surface area contributed by atoms with E-state index in [-0.39, 0.29) is 0 Å². The number of aromatic nitrogens is 1. The maximum absolute atomic E-state index is 12.7. The largest absolute Gasteiger partial charge is 0.323 e. The molecule has 1 rings (SSSR count). The fraction of sp³-hybridized carbons (Fsp3) is 0.222. The number of rotatable bonds is 1. The Balaban J connectivity index is 3.43. The number of pyridine rings is 1. The predicted octanol–water partition coefficient (Wildman–Crippen LogP) is 1.86. The zero-order valence-electron chi connectivity index (χ0n) is 7.07. The van der Waals surface area contributed by atoms with Gasteiger partial charge in [-0.05, 0) is 31.1 Å². The second-order valence-corrected chi connectivity index (χ2v) is 2.77. The lowest BCUT2D eigenvalue weighted by Gasteiger charge is -2.03. The molecule has 0 spiro atoms. The van der Waals surface area contributed by atoms with Crippen LogP contribution in [-0.2, 0) is 0 Å². The number of aryl methyl sites for hydroxylation is 1. The number of allylic oxidation sites excluding steroid dienone is 1. The van der Waals surface area contributed by atoms with Crippen molar-refractivity contribution in [1.82, 2.24) is 4.98 Å². The van der Waals surface area contributed by atoms with Gasteiger partial charge in [-0.3, -0.25) is 4.79 Å². The van der Waals surface area contributed by atoms with Crippen LogP contribution in [0.25, 0.3) is 5.57 Å². The number of hydrogen-bond acceptors (Lipinski definition) is 1. The third-order valence-electron chi connectivity index (χ3n) is 1.65. The molecule has 3 heteroatoms. The lowest BCUT2D eigenvalue weighted by molar-refractivity contribution is 0.606. The molecule has 1 N–H and O–H groups in total. The summed E-state index contributed by atoms with van der Waals surface area (Å²) in [6, 6.07) is 1.20. The summed E-state index contributed by atoms with van der Waals surface area (Å²) < 4.78 is 12.7. The maximum atomic E-state index is 12.7. The quantitative estimate of drug-likeness (QED) is 0.680. The molecule has 1 aromatic rings. The number of nitrogens with one attached hydrogen (secondary N) is 1. The van der Waals surface area contributed by atoms with E-state index in [1.807, 2.05) is 0 Å². The van der Waals surface area contributed by atoms with Gasteiger partial charge in [0.15, 0.2) is 5.82 Å². The molecule has 2 nitrogen and oxygen atoms in total. The molecule has 0 amide bonds. The van der Waals surface area contributed by atoms with Gasteiger partial charge in [-0.1, -0.05) is 6.58 Å². The van der Waals surface area contributed by atoms with Gasteiger partial charge in [-0.25, -0.2) is 4.39 Å². The van der Waals surface area contributed by atoms with E-state index in [1.54, 1.807) is 13.8 Å². The Kier molecular flexibility index (Phi) is 2.13. The highest BCUT2D eigenvalue weighted by Gasteiger charge is 2.04. The van der Waals surface area contributed by atoms with Gasteiger partial charge >= 0.3 is 0 Å². The molecule has 0 saturated carbocycles. The topological polar surface area (TPSA) is 32.9 Å². The first-order valence-electron chi connectivity index (χ1n) is 3.57.